The lowest BCUT2D eigenvalue weighted by molar-refractivity contribution is -0.144. The van der Waals surface area contributed by atoms with Crippen molar-refractivity contribution in [3.63, 3.8) is 0 Å². The van der Waals surface area contributed by atoms with E-state index in [-0.39, 0.29) is 18.4 Å². The fourth-order valence-corrected chi connectivity index (χ4v) is 2.41. The number of carbonyl (C=O) groups is 3. The minimum atomic E-state index is -0.903. The lowest BCUT2D eigenvalue weighted by Crippen LogP contribution is -2.66. The molecule has 0 atom stereocenters. The van der Waals surface area contributed by atoms with Crippen molar-refractivity contribution in [2.75, 3.05) is 20.1 Å². The third-order valence-corrected chi connectivity index (χ3v) is 3.86. The Kier molecular flexibility index (Phi) is 4.86. The molecule has 1 heterocycles. The quantitative estimate of drug-likeness (QED) is 0.806. The topological polar surface area (TPSA) is 89.9 Å². The zero-order chi connectivity index (χ0) is 16.4. The molecular formula is C14H25N3O4. The Hall–Kier alpha value is -1.79. The van der Waals surface area contributed by atoms with E-state index in [1.54, 1.807) is 39.6 Å². The number of carbonyl (C=O) groups excluding carboxylic acids is 2. The Morgan fingerprint density at radius 2 is 1.90 bits per heavy atom. The van der Waals surface area contributed by atoms with Crippen molar-refractivity contribution in [1.29, 1.82) is 0 Å². The molecule has 0 spiro atoms. The monoisotopic (exact) mass is 299 g/mol. The van der Waals surface area contributed by atoms with Crippen molar-refractivity contribution < 1.29 is 19.5 Å². The summed E-state index contributed by atoms with van der Waals surface area (Å²) in [5, 5.41) is 11.6. The van der Waals surface area contributed by atoms with Gasteiger partial charge >= 0.3 is 12.0 Å². The summed E-state index contributed by atoms with van der Waals surface area (Å²) in [5.74, 6) is -1.00. The van der Waals surface area contributed by atoms with Gasteiger partial charge in [-0.05, 0) is 34.1 Å². The van der Waals surface area contributed by atoms with Crippen molar-refractivity contribution in [2.45, 2.75) is 51.6 Å². The molecule has 1 aliphatic rings. The number of hydrogen-bond donors (Lipinski definition) is 2. The molecule has 1 saturated heterocycles. The number of urea groups is 1. The number of likely N-dealkylation sites (N-methyl/N-ethyl adjacent to an activating group) is 1. The third kappa shape index (κ3) is 4.09. The molecule has 120 valence electrons. The van der Waals surface area contributed by atoms with Crippen LogP contribution in [0.1, 0.15) is 40.5 Å². The minimum absolute atomic E-state index is 0.0155. The number of nitrogens with one attached hydrogen (secondary N) is 1. The molecule has 2 N–H and O–H groups in total. The number of piperazine rings is 1. The normalized spacial score (nSPS) is 18.6. The fourth-order valence-electron chi connectivity index (χ4n) is 2.41. The Morgan fingerprint density at radius 3 is 2.43 bits per heavy atom. The van der Waals surface area contributed by atoms with Gasteiger partial charge in [0, 0.05) is 32.1 Å². The SMILES string of the molecule is CN1CCN(C(=O)NC(C)(C)CCC(=O)O)C(C)(C)C1=O. The van der Waals surface area contributed by atoms with Crippen LogP contribution >= 0.6 is 0 Å². The maximum atomic E-state index is 12.4. The van der Waals surface area contributed by atoms with Crippen molar-refractivity contribution in [3.05, 3.63) is 0 Å². The van der Waals surface area contributed by atoms with Gasteiger partial charge in [0.25, 0.3) is 0 Å². The molecule has 0 aromatic carbocycles. The van der Waals surface area contributed by atoms with Crippen LogP contribution in [-0.2, 0) is 9.59 Å². The van der Waals surface area contributed by atoms with E-state index in [9.17, 15) is 14.4 Å². The molecule has 7 heteroatoms. The number of aliphatic carboxylic acids is 1. The Bertz CT molecular complexity index is 446. The summed E-state index contributed by atoms with van der Waals surface area (Å²) in [4.78, 5) is 38.4. The van der Waals surface area contributed by atoms with Crippen LogP contribution in [0.4, 0.5) is 4.79 Å². The van der Waals surface area contributed by atoms with Crippen LogP contribution in [0.15, 0.2) is 0 Å². The number of hydrogen-bond acceptors (Lipinski definition) is 3. The molecule has 1 rings (SSSR count). The molecule has 1 aliphatic heterocycles. The number of carboxylic acids is 1. The van der Waals surface area contributed by atoms with E-state index in [1.165, 1.54) is 4.90 Å². The summed E-state index contributed by atoms with van der Waals surface area (Å²) in [5.41, 5.74) is -1.54. The Morgan fingerprint density at radius 1 is 1.33 bits per heavy atom. The summed E-state index contributed by atoms with van der Waals surface area (Å²) >= 11 is 0. The van der Waals surface area contributed by atoms with E-state index in [2.05, 4.69) is 5.32 Å². The first-order valence-corrected chi connectivity index (χ1v) is 7.04. The summed E-state index contributed by atoms with van der Waals surface area (Å²) in [7, 11) is 1.72. The van der Waals surface area contributed by atoms with Crippen LogP contribution in [0.2, 0.25) is 0 Å². The average molecular weight is 299 g/mol. The highest BCUT2D eigenvalue weighted by Gasteiger charge is 2.43. The van der Waals surface area contributed by atoms with Gasteiger partial charge in [-0.25, -0.2) is 4.79 Å². The van der Waals surface area contributed by atoms with Gasteiger partial charge in [0.2, 0.25) is 5.91 Å². The van der Waals surface area contributed by atoms with Crippen molar-refractivity contribution in [2.24, 2.45) is 0 Å². The molecule has 21 heavy (non-hydrogen) atoms. The van der Waals surface area contributed by atoms with Crippen molar-refractivity contribution in [3.8, 4) is 0 Å². The second-order valence-corrected chi connectivity index (χ2v) is 6.65. The molecule has 7 nitrogen and oxygen atoms in total. The summed E-state index contributed by atoms with van der Waals surface area (Å²) in [6, 6.07) is -0.336. The fraction of sp³-hybridized carbons (Fsp3) is 0.786. The lowest BCUT2D eigenvalue weighted by atomic mass is 9.96. The minimum Gasteiger partial charge on any atom is -0.481 e. The maximum Gasteiger partial charge on any atom is 0.318 e. The van der Waals surface area contributed by atoms with Gasteiger partial charge < -0.3 is 20.2 Å². The van der Waals surface area contributed by atoms with E-state index in [1.807, 2.05) is 0 Å². The van der Waals surface area contributed by atoms with E-state index >= 15 is 0 Å². The van der Waals surface area contributed by atoms with Gasteiger partial charge in [-0.3, -0.25) is 9.59 Å². The standard InChI is InChI=1S/C14H25N3O4/c1-13(2,7-6-10(18)19)15-12(21)17-9-8-16(5)11(20)14(17,3)4/h6-9H2,1-5H3,(H,15,21)(H,18,19). The summed E-state index contributed by atoms with van der Waals surface area (Å²) in [6.07, 6.45) is 0.314. The molecule has 0 saturated carbocycles. The Balaban J connectivity index is 2.75. The highest BCUT2D eigenvalue weighted by Crippen LogP contribution is 2.23. The average Bonchev–Trinajstić information content (AvgIpc) is 2.33. The van der Waals surface area contributed by atoms with Gasteiger partial charge in [0.15, 0.2) is 0 Å². The van der Waals surface area contributed by atoms with Crippen LogP contribution in [0, 0.1) is 0 Å². The number of amides is 3. The highest BCUT2D eigenvalue weighted by molar-refractivity contribution is 5.91. The van der Waals surface area contributed by atoms with Crippen LogP contribution in [0.3, 0.4) is 0 Å². The molecule has 0 aromatic heterocycles. The van der Waals surface area contributed by atoms with Crippen LogP contribution < -0.4 is 5.32 Å². The molecule has 0 bridgehead atoms. The summed E-state index contributed by atoms with van der Waals surface area (Å²) in [6.45, 7) is 7.93. The summed E-state index contributed by atoms with van der Waals surface area (Å²) < 4.78 is 0. The van der Waals surface area contributed by atoms with Crippen LogP contribution in [0.5, 0.6) is 0 Å². The molecular weight excluding hydrogens is 274 g/mol. The molecule has 0 unspecified atom stereocenters. The molecule has 1 fully saturated rings. The lowest BCUT2D eigenvalue weighted by Gasteiger charge is -2.45. The van der Waals surface area contributed by atoms with Gasteiger partial charge in [-0.1, -0.05) is 0 Å². The first kappa shape index (κ1) is 17.3. The van der Waals surface area contributed by atoms with Crippen LogP contribution in [-0.4, -0.2) is 64.0 Å². The molecule has 0 radical (unpaired) electrons. The number of nitrogens with zero attached hydrogens (tertiary/aromatic N) is 2. The predicted octanol–water partition coefficient (Wildman–Crippen LogP) is 0.892. The zero-order valence-corrected chi connectivity index (χ0v) is 13.4. The number of carboxylic acid groups (broad SMARTS) is 1. The van der Waals surface area contributed by atoms with E-state index < -0.39 is 17.0 Å². The second-order valence-electron chi connectivity index (χ2n) is 6.65. The predicted molar refractivity (Wildman–Crippen MR) is 77.9 cm³/mol. The van der Waals surface area contributed by atoms with E-state index in [0.29, 0.717) is 19.5 Å². The Labute approximate surface area is 125 Å². The van der Waals surface area contributed by atoms with Gasteiger partial charge in [0.05, 0.1) is 0 Å². The van der Waals surface area contributed by atoms with Crippen molar-refractivity contribution in [1.82, 2.24) is 15.1 Å². The third-order valence-electron chi connectivity index (χ3n) is 3.86. The maximum absolute atomic E-state index is 12.4. The zero-order valence-electron chi connectivity index (χ0n) is 13.4. The van der Waals surface area contributed by atoms with Gasteiger partial charge in [-0.2, -0.15) is 0 Å². The largest absolute Gasteiger partial charge is 0.481 e. The van der Waals surface area contributed by atoms with Gasteiger partial charge in [0.1, 0.15) is 5.54 Å². The second kappa shape index (κ2) is 5.91. The van der Waals surface area contributed by atoms with Crippen LogP contribution in [0.25, 0.3) is 0 Å². The highest BCUT2D eigenvalue weighted by atomic mass is 16.4. The smallest absolute Gasteiger partial charge is 0.318 e. The first-order chi connectivity index (χ1) is 9.47. The molecule has 3 amide bonds. The van der Waals surface area contributed by atoms with E-state index in [0.717, 1.165) is 0 Å². The number of rotatable bonds is 4. The molecule has 0 aromatic rings. The first-order valence-electron chi connectivity index (χ1n) is 7.04. The molecule has 0 aliphatic carbocycles. The van der Waals surface area contributed by atoms with E-state index in [4.69, 9.17) is 5.11 Å². The van der Waals surface area contributed by atoms with Crippen molar-refractivity contribution >= 4 is 17.9 Å². The van der Waals surface area contributed by atoms with Gasteiger partial charge in [-0.15, -0.1) is 0 Å².